The van der Waals surface area contributed by atoms with Crippen molar-refractivity contribution in [3.05, 3.63) is 70.7 Å². The van der Waals surface area contributed by atoms with Gasteiger partial charge in [0, 0.05) is 35.3 Å². The molecule has 0 spiro atoms. The molecular weight excluding hydrogens is 438 g/mol. The normalized spacial score (nSPS) is 18.1. The summed E-state index contributed by atoms with van der Waals surface area (Å²) in [5, 5.41) is 14.3. The molecule has 0 aliphatic heterocycles. The number of hydrogen-bond acceptors (Lipinski definition) is 5. The maximum absolute atomic E-state index is 13.5. The number of aromatic amines is 1. The highest BCUT2D eigenvalue weighted by Crippen LogP contribution is 2.33. The highest BCUT2D eigenvalue weighted by Gasteiger charge is 2.26. The smallest absolute Gasteiger partial charge is 0.296 e. The Morgan fingerprint density at radius 3 is 2.63 bits per heavy atom. The van der Waals surface area contributed by atoms with Crippen molar-refractivity contribution in [1.29, 1.82) is 0 Å². The van der Waals surface area contributed by atoms with Gasteiger partial charge in [0.2, 0.25) is 0 Å². The average molecular weight is 472 g/mol. The van der Waals surface area contributed by atoms with Crippen molar-refractivity contribution >= 4 is 0 Å². The average Bonchev–Trinajstić information content (AvgIpc) is 3.53. The Morgan fingerprint density at radius 2 is 1.91 bits per heavy atom. The highest BCUT2D eigenvalue weighted by molar-refractivity contribution is 5.79. The fourth-order valence-electron chi connectivity index (χ4n) is 5.28. The van der Waals surface area contributed by atoms with Gasteiger partial charge in [-0.05, 0) is 53.7 Å². The fraction of sp³-hybridized carbons (Fsp3) is 0.444. The lowest BCUT2D eigenvalue weighted by Crippen LogP contribution is -2.32. The number of rotatable bonds is 8. The molecule has 3 aromatic heterocycles. The van der Waals surface area contributed by atoms with Crippen molar-refractivity contribution in [3.63, 3.8) is 0 Å². The van der Waals surface area contributed by atoms with Gasteiger partial charge in [-0.1, -0.05) is 63.4 Å². The van der Waals surface area contributed by atoms with Gasteiger partial charge < -0.3 is 0 Å². The van der Waals surface area contributed by atoms with Crippen molar-refractivity contribution in [2.24, 2.45) is 5.92 Å². The first-order valence-electron chi connectivity index (χ1n) is 12.7. The van der Waals surface area contributed by atoms with Crippen LogP contribution in [0.4, 0.5) is 0 Å². The van der Waals surface area contributed by atoms with E-state index < -0.39 is 0 Å². The minimum atomic E-state index is 0.101. The van der Waals surface area contributed by atoms with Crippen LogP contribution in [0.2, 0.25) is 0 Å². The van der Waals surface area contributed by atoms with E-state index in [2.05, 4.69) is 46.7 Å². The SMILES string of the molecule is CCCCc1cn(C2CCCCC2C)c(=O)n1Cc1ccc(-c2ccccc2-c2nnn[nH]2)cn1. The standard InChI is InChI=1S/C27H33N7O/c1-3-4-10-22-18-34(25-13-8-5-9-19(25)2)27(35)33(22)17-21-15-14-20(16-28-21)23-11-6-7-12-24(23)26-29-31-32-30-26/h6-7,11-12,14-16,18-19,25H,3-5,8-10,13,17H2,1-2H3,(H,29,30,31,32). The number of nitrogens with one attached hydrogen (secondary N) is 1. The number of hydrogen-bond donors (Lipinski definition) is 1. The monoisotopic (exact) mass is 471 g/mol. The molecule has 1 aliphatic rings. The molecule has 0 radical (unpaired) electrons. The van der Waals surface area contributed by atoms with Crippen molar-refractivity contribution in [2.75, 3.05) is 0 Å². The molecule has 0 amide bonds. The number of nitrogens with zero attached hydrogens (tertiary/aromatic N) is 6. The van der Waals surface area contributed by atoms with Crippen LogP contribution in [0.3, 0.4) is 0 Å². The van der Waals surface area contributed by atoms with Crippen LogP contribution in [-0.2, 0) is 13.0 Å². The first-order chi connectivity index (χ1) is 17.2. The Hall–Kier alpha value is -3.55. The van der Waals surface area contributed by atoms with Crippen LogP contribution < -0.4 is 5.69 Å². The van der Waals surface area contributed by atoms with E-state index in [0.717, 1.165) is 53.8 Å². The number of tetrazole rings is 1. The molecule has 2 unspecified atom stereocenters. The molecule has 0 saturated heterocycles. The molecule has 1 aliphatic carbocycles. The topological polar surface area (TPSA) is 94.3 Å². The Kier molecular flexibility index (Phi) is 6.88. The lowest BCUT2D eigenvalue weighted by Gasteiger charge is -2.29. The van der Waals surface area contributed by atoms with Gasteiger partial charge in [0.05, 0.1) is 12.2 Å². The number of aromatic nitrogens is 7. The molecular formula is C27H33N7O. The fourth-order valence-corrected chi connectivity index (χ4v) is 5.28. The molecule has 1 fully saturated rings. The second-order valence-corrected chi connectivity index (χ2v) is 9.66. The molecule has 2 atom stereocenters. The van der Waals surface area contributed by atoms with Gasteiger partial charge in [0.1, 0.15) is 0 Å². The Labute approximate surface area is 205 Å². The van der Waals surface area contributed by atoms with Crippen molar-refractivity contribution < 1.29 is 0 Å². The van der Waals surface area contributed by atoms with Crippen molar-refractivity contribution in [1.82, 2.24) is 34.7 Å². The first kappa shape index (κ1) is 23.2. The van der Waals surface area contributed by atoms with E-state index in [-0.39, 0.29) is 5.69 Å². The van der Waals surface area contributed by atoms with Gasteiger partial charge in [0.15, 0.2) is 5.82 Å². The summed E-state index contributed by atoms with van der Waals surface area (Å²) in [5.74, 6) is 1.16. The minimum Gasteiger partial charge on any atom is -0.296 e. The van der Waals surface area contributed by atoms with Crippen LogP contribution in [0, 0.1) is 5.92 Å². The van der Waals surface area contributed by atoms with E-state index in [9.17, 15) is 4.79 Å². The number of aryl methyl sites for hydroxylation is 1. The molecule has 1 aromatic carbocycles. The van der Waals surface area contributed by atoms with Gasteiger partial charge >= 0.3 is 5.69 Å². The van der Waals surface area contributed by atoms with E-state index in [0.29, 0.717) is 24.3 Å². The highest BCUT2D eigenvalue weighted by atomic mass is 16.1. The Balaban J connectivity index is 1.43. The summed E-state index contributed by atoms with van der Waals surface area (Å²) < 4.78 is 3.96. The summed E-state index contributed by atoms with van der Waals surface area (Å²) in [5.41, 5.74) is 4.99. The molecule has 0 bridgehead atoms. The largest absolute Gasteiger partial charge is 0.328 e. The number of benzene rings is 1. The quantitative estimate of drug-likeness (QED) is 0.389. The Morgan fingerprint density at radius 1 is 1.09 bits per heavy atom. The van der Waals surface area contributed by atoms with Crippen LogP contribution in [0.1, 0.15) is 69.8 Å². The first-order valence-corrected chi connectivity index (χ1v) is 12.7. The summed E-state index contributed by atoms with van der Waals surface area (Å²) >= 11 is 0. The van der Waals surface area contributed by atoms with Gasteiger partial charge in [-0.3, -0.25) is 14.1 Å². The Bertz CT molecular complexity index is 1300. The maximum Gasteiger partial charge on any atom is 0.328 e. The third kappa shape index (κ3) is 4.83. The lowest BCUT2D eigenvalue weighted by atomic mass is 9.86. The van der Waals surface area contributed by atoms with Crippen molar-refractivity contribution in [2.45, 2.75) is 71.4 Å². The summed E-state index contributed by atoms with van der Waals surface area (Å²) in [6.07, 6.45) is 11.8. The van der Waals surface area contributed by atoms with E-state index >= 15 is 0 Å². The van der Waals surface area contributed by atoms with Crippen LogP contribution in [0.5, 0.6) is 0 Å². The molecule has 5 rings (SSSR count). The predicted octanol–water partition coefficient (Wildman–Crippen LogP) is 5.03. The second-order valence-electron chi connectivity index (χ2n) is 9.66. The van der Waals surface area contributed by atoms with Gasteiger partial charge in [-0.2, -0.15) is 0 Å². The van der Waals surface area contributed by atoms with Crippen LogP contribution in [0.15, 0.2) is 53.6 Å². The number of imidazole rings is 1. The number of unbranched alkanes of at least 4 members (excludes halogenated alkanes) is 1. The second kappa shape index (κ2) is 10.4. The van der Waals surface area contributed by atoms with Gasteiger partial charge in [0.25, 0.3) is 0 Å². The van der Waals surface area contributed by atoms with E-state index in [1.165, 1.54) is 19.3 Å². The number of pyridine rings is 1. The zero-order valence-corrected chi connectivity index (χ0v) is 20.5. The summed E-state index contributed by atoms with van der Waals surface area (Å²) in [6, 6.07) is 12.3. The summed E-state index contributed by atoms with van der Waals surface area (Å²) in [7, 11) is 0. The molecule has 8 nitrogen and oxygen atoms in total. The van der Waals surface area contributed by atoms with Crippen LogP contribution >= 0.6 is 0 Å². The minimum absolute atomic E-state index is 0.101. The third-order valence-corrected chi connectivity index (χ3v) is 7.28. The van der Waals surface area contributed by atoms with Gasteiger partial charge in [-0.15, -0.1) is 5.10 Å². The van der Waals surface area contributed by atoms with Crippen LogP contribution in [-0.4, -0.2) is 34.7 Å². The molecule has 4 aromatic rings. The summed E-state index contributed by atoms with van der Waals surface area (Å²) in [6.45, 7) is 4.96. The van der Waals surface area contributed by atoms with E-state index in [1.807, 2.05) is 45.7 Å². The third-order valence-electron chi connectivity index (χ3n) is 7.28. The van der Waals surface area contributed by atoms with Crippen molar-refractivity contribution in [3.8, 4) is 22.5 Å². The maximum atomic E-state index is 13.5. The molecule has 1 N–H and O–H groups in total. The summed E-state index contributed by atoms with van der Waals surface area (Å²) in [4.78, 5) is 18.3. The zero-order chi connectivity index (χ0) is 24.2. The molecule has 35 heavy (non-hydrogen) atoms. The van der Waals surface area contributed by atoms with E-state index in [1.54, 1.807) is 0 Å². The number of H-pyrrole nitrogens is 1. The van der Waals surface area contributed by atoms with Crippen LogP contribution in [0.25, 0.3) is 22.5 Å². The molecule has 1 saturated carbocycles. The zero-order valence-electron chi connectivity index (χ0n) is 20.5. The molecule has 182 valence electrons. The predicted molar refractivity (Wildman–Crippen MR) is 136 cm³/mol. The van der Waals surface area contributed by atoms with E-state index in [4.69, 9.17) is 4.98 Å². The lowest BCUT2D eigenvalue weighted by molar-refractivity contribution is 0.251. The molecule has 8 heteroatoms. The van der Waals surface area contributed by atoms with Gasteiger partial charge in [-0.25, -0.2) is 9.89 Å². The molecule has 3 heterocycles.